The second kappa shape index (κ2) is 5.59. The van der Waals surface area contributed by atoms with Crippen molar-refractivity contribution in [2.24, 2.45) is 4.99 Å². The molecule has 1 aromatic rings. The summed E-state index contributed by atoms with van der Waals surface area (Å²) in [6.45, 7) is 3.94. The summed E-state index contributed by atoms with van der Waals surface area (Å²) in [5, 5.41) is 10.7. The van der Waals surface area contributed by atoms with Crippen LogP contribution >= 0.6 is 11.8 Å². The third-order valence-electron chi connectivity index (χ3n) is 4.70. The SMILES string of the molecule is O=C(C1CSC(c2ccccc2O)=N1)N1CCN2CCC1C2. The predicted octanol–water partition coefficient (Wildman–Crippen LogP) is 1.17. The summed E-state index contributed by atoms with van der Waals surface area (Å²) in [5.74, 6) is 1.06. The number of aliphatic imine (C=N–C) groups is 1. The summed E-state index contributed by atoms with van der Waals surface area (Å²) in [7, 11) is 0. The fraction of sp³-hybridized carbons (Fsp3) is 0.500. The minimum absolute atomic E-state index is 0.157. The van der Waals surface area contributed by atoms with E-state index in [2.05, 4.69) is 9.89 Å². The molecule has 1 N–H and O–H groups in total. The molecular weight excluding hydrogens is 298 g/mol. The lowest BCUT2D eigenvalue weighted by Crippen LogP contribution is -2.52. The van der Waals surface area contributed by atoms with Gasteiger partial charge in [-0.25, -0.2) is 0 Å². The van der Waals surface area contributed by atoms with E-state index < -0.39 is 0 Å². The fourth-order valence-corrected chi connectivity index (χ4v) is 4.55. The van der Waals surface area contributed by atoms with Gasteiger partial charge in [0.2, 0.25) is 5.91 Å². The van der Waals surface area contributed by atoms with Gasteiger partial charge in [-0.2, -0.15) is 0 Å². The molecule has 2 saturated heterocycles. The third-order valence-corrected chi connectivity index (χ3v) is 5.78. The molecule has 1 aromatic carbocycles. The number of para-hydroxylation sites is 1. The van der Waals surface area contributed by atoms with Gasteiger partial charge in [-0.3, -0.25) is 14.7 Å². The molecule has 2 fully saturated rings. The molecule has 5 nitrogen and oxygen atoms in total. The molecule has 6 heteroatoms. The highest BCUT2D eigenvalue weighted by Gasteiger charge is 2.39. The Morgan fingerprint density at radius 3 is 3.00 bits per heavy atom. The second-order valence-corrected chi connectivity index (χ2v) is 7.06. The topological polar surface area (TPSA) is 56.1 Å². The average molecular weight is 317 g/mol. The molecule has 0 spiro atoms. The van der Waals surface area contributed by atoms with Gasteiger partial charge in [0.15, 0.2) is 0 Å². The number of piperazine rings is 1. The van der Waals surface area contributed by atoms with Crippen molar-refractivity contribution in [3.63, 3.8) is 0 Å². The number of thioether (sulfide) groups is 1. The van der Waals surface area contributed by atoms with E-state index >= 15 is 0 Å². The molecule has 116 valence electrons. The van der Waals surface area contributed by atoms with E-state index in [0.29, 0.717) is 11.8 Å². The molecule has 0 aliphatic carbocycles. The van der Waals surface area contributed by atoms with E-state index in [-0.39, 0.29) is 17.7 Å². The Bertz CT molecular complexity index is 634. The van der Waals surface area contributed by atoms with Gasteiger partial charge in [0, 0.05) is 43.5 Å². The van der Waals surface area contributed by atoms with Gasteiger partial charge in [-0.05, 0) is 18.6 Å². The number of aromatic hydroxyl groups is 1. The Balaban J connectivity index is 1.52. The number of amides is 1. The van der Waals surface area contributed by atoms with Crippen LogP contribution in [0.15, 0.2) is 29.3 Å². The Morgan fingerprint density at radius 2 is 2.14 bits per heavy atom. The number of hydrogen-bond acceptors (Lipinski definition) is 5. The van der Waals surface area contributed by atoms with Crippen molar-refractivity contribution >= 4 is 22.7 Å². The summed E-state index contributed by atoms with van der Waals surface area (Å²) >= 11 is 1.56. The first kappa shape index (κ1) is 14.1. The Labute approximate surface area is 134 Å². The Hall–Kier alpha value is -1.53. The standard InChI is InChI=1S/C16H19N3O2S/c20-14-4-2-1-3-12(14)15-17-13(10-22-15)16(21)19-8-7-18-6-5-11(19)9-18/h1-4,11,13,20H,5-10H2. The highest BCUT2D eigenvalue weighted by molar-refractivity contribution is 8.14. The van der Waals surface area contributed by atoms with Crippen molar-refractivity contribution in [1.29, 1.82) is 0 Å². The maximum atomic E-state index is 12.8. The van der Waals surface area contributed by atoms with E-state index in [9.17, 15) is 9.90 Å². The summed E-state index contributed by atoms with van der Waals surface area (Å²) in [6, 6.07) is 7.25. The van der Waals surface area contributed by atoms with E-state index in [0.717, 1.165) is 43.2 Å². The van der Waals surface area contributed by atoms with Crippen LogP contribution in [0.5, 0.6) is 5.75 Å². The second-order valence-electron chi connectivity index (χ2n) is 6.05. The molecule has 3 atom stereocenters. The van der Waals surface area contributed by atoms with E-state index in [1.165, 1.54) is 0 Å². The number of hydrogen-bond donors (Lipinski definition) is 1. The number of carbonyl (C=O) groups is 1. The minimum atomic E-state index is -0.299. The fourth-order valence-electron chi connectivity index (χ4n) is 3.49. The molecule has 3 unspecified atom stereocenters. The Morgan fingerprint density at radius 1 is 1.27 bits per heavy atom. The lowest BCUT2D eigenvalue weighted by molar-refractivity contribution is -0.135. The van der Waals surface area contributed by atoms with Gasteiger partial charge < -0.3 is 10.0 Å². The summed E-state index contributed by atoms with van der Waals surface area (Å²) in [6.07, 6.45) is 1.08. The van der Waals surface area contributed by atoms with Crippen molar-refractivity contribution in [1.82, 2.24) is 9.80 Å². The number of nitrogens with zero attached hydrogens (tertiary/aromatic N) is 3. The first-order chi connectivity index (χ1) is 10.7. The summed E-state index contributed by atoms with van der Waals surface area (Å²) < 4.78 is 0. The van der Waals surface area contributed by atoms with Crippen molar-refractivity contribution < 1.29 is 9.90 Å². The predicted molar refractivity (Wildman–Crippen MR) is 87.4 cm³/mol. The van der Waals surface area contributed by atoms with Crippen LogP contribution in [0.2, 0.25) is 0 Å². The van der Waals surface area contributed by atoms with Gasteiger partial charge >= 0.3 is 0 Å². The van der Waals surface area contributed by atoms with Crippen molar-refractivity contribution in [3.05, 3.63) is 29.8 Å². The lowest BCUT2D eigenvalue weighted by atomic mass is 10.1. The maximum absolute atomic E-state index is 12.8. The van der Waals surface area contributed by atoms with Gasteiger partial charge in [0.1, 0.15) is 16.8 Å². The van der Waals surface area contributed by atoms with Crippen LogP contribution in [0, 0.1) is 0 Å². The van der Waals surface area contributed by atoms with Crippen LogP contribution in [0.1, 0.15) is 12.0 Å². The van der Waals surface area contributed by atoms with Crippen molar-refractivity contribution in [2.75, 3.05) is 31.9 Å². The van der Waals surface area contributed by atoms with Gasteiger partial charge in [0.05, 0.1) is 0 Å². The highest BCUT2D eigenvalue weighted by Crippen LogP contribution is 2.30. The van der Waals surface area contributed by atoms with E-state index in [4.69, 9.17) is 0 Å². The molecule has 1 amide bonds. The number of rotatable bonds is 2. The minimum Gasteiger partial charge on any atom is -0.507 e. The number of benzene rings is 1. The molecule has 4 rings (SSSR count). The lowest BCUT2D eigenvalue weighted by Gasteiger charge is -2.35. The monoisotopic (exact) mass is 317 g/mol. The van der Waals surface area contributed by atoms with E-state index in [1.807, 2.05) is 17.0 Å². The van der Waals surface area contributed by atoms with Crippen LogP contribution in [0.25, 0.3) is 0 Å². The normalized spacial score (nSPS) is 30.5. The summed E-state index contributed by atoms with van der Waals surface area (Å²) in [4.78, 5) is 21.8. The molecular formula is C16H19N3O2S. The number of phenolic OH excluding ortho intramolecular Hbond substituents is 1. The first-order valence-electron chi connectivity index (χ1n) is 7.74. The van der Waals surface area contributed by atoms with Crippen molar-refractivity contribution in [3.8, 4) is 5.75 Å². The molecule has 3 aliphatic heterocycles. The zero-order chi connectivity index (χ0) is 15.1. The molecule has 0 radical (unpaired) electrons. The summed E-state index contributed by atoms with van der Waals surface area (Å²) in [5.41, 5.74) is 0.730. The highest BCUT2D eigenvalue weighted by atomic mass is 32.2. The zero-order valence-corrected chi connectivity index (χ0v) is 13.1. The number of carbonyl (C=O) groups excluding carboxylic acids is 1. The van der Waals surface area contributed by atoms with Crippen LogP contribution in [-0.2, 0) is 4.79 Å². The van der Waals surface area contributed by atoms with E-state index in [1.54, 1.807) is 23.9 Å². The quantitative estimate of drug-likeness (QED) is 0.890. The van der Waals surface area contributed by atoms with Crippen molar-refractivity contribution in [2.45, 2.75) is 18.5 Å². The van der Waals surface area contributed by atoms with Crippen LogP contribution in [-0.4, -0.2) is 69.9 Å². The first-order valence-corrected chi connectivity index (χ1v) is 8.73. The molecule has 3 aliphatic rings. The third kappa shape index (κ3) is 2.40. The molecule has 22 heavy (non-hydrogen) atoms. The number of fused-ring (bicyclic) bond motifs is 2. The molecule has 0 aromatic heterocycles. The molecule has 3 heterocycles. The number of phenols is 1. The average Bonchev–Trinajstić information content (AvgIpc) is 3.15. The molecule has 2 bridgehead atoms. The smallest absolute Gasteiger partial charge is 0.248 e. The maximum Gasteiger partial charge on any atom is 0.248 e. The van der Waals surface area contributed by atoms with Gasteiger partial charge in [-0.1, -0.05) is 12.1 Å². The van der Waals surface area contributed by atoms with Crippen LogP contribution < -0.4 is 0 Å². The van der Waals surface area contributed by atoms with Crippen LogP contribution in [0.4, 0.5) is 0 Å². The van der Waals surface area contributed by atoms with Gasteiger partial charge in [-0.15, -0.1) is 11.8 Å². The molecule has 0 saturated carbocycles. The zero-order valence-electron chi connectivity index (χ0n) is 12.3. The Kier molecular flexibility index (Phi) is 3.58. The van der Waals surface area contributed by atoms with Crippen LogP contribution in [0.3, 0.4) is 0 Å². The van der Waals surface area contributed by atoms with Gasteiger partial charge in [0.25, 0.3) is 0 Å². The largest absolute Gasteiger partial charge is 0.507 e.